The molecule has 2 rings (SSSR count). The molecule has 0 radical (unpaired) electrons. The fraction of sp³-hybridized carbons (Fsp3) is 0.500. The Hall–Kier alpha value is -2.24. The molecule has 118 valence electrons. The molecule has 6 heteroatoms. The zero-order valence-electron chi connectivity index (χ0n) is 13.5. The van der Waals surface area contributed by atoms with E-state index in [1.165, 1.54) is 0 Å². The summed E-state index contributed by atoms with van der Waals surface area (Å²) in [4.78, 5) is 22.4. The third-order valence-electron chi connectivity index (χ3n) is 3.95. The molecule has 1 atom stereocenters. The maximum Gasteiger partial charge on any atom is 0.222 e. The van der Waals surface area contributed by atoms with Crippen LogP contribution in [0.2, 0.25) is 0 Å². The zero-order valence-corrected chi connectivity index (χ0v) is 13.5. The molecule has 0 aliphatic carbocycles. The van der Waals surface area contributed by atoms with Crippen molar-refractivity contribution in [1.29, 1.82) is 0 Å². The van der Waals surface area contributed by atoms with Crippen molar-refractivity contribution in [3.8, 4) is 0 Å². The van der Waals surface area contributed by atoms with Crippen molar-refractivity contribution >= 4 is 5.91 Å². The van der Waals surface area contributed by atoms with E-state index in [-0.39, 0.29) is 11.9 Å². The van der Waals surface area contributed by atoms with Gasteiger partial charge < -0.3 is 9.42 Å². The molecule has 0 aliphatic heterocycles. The molecule has 0 saturated carbocycles. The van der Waals surface area contributed by atoms with Crippen LogP contribution in [0.4, 0.5) is 0 Å². The normalized spacial score (nSPS) is 12.2. The number of carbonyl (C=O) groups is 1. The van der Waals surface area contributed by atoms with E-state index in [9.17, 15) is 4.79 Å². The van der Waals surface area contributed by atoms with Crippen molar-refractivity contribution < 1.29 is 9.32 Å². The van der Waals surface area contributed by atoms with E-state index in [1.54, 1.807) is 23.5 Å². The molecule has 2 aromatic rings. The first kappa shape index (κ1) is 16.1. The van der Waals surface area contributed by atoms with E-state index in [4.69, 9.17) is 4.52 Å². The number of likely N-dealkylation sites (N-methyl/N-ethyl adjacent to an activating group) is 1. The summed E-state index contributed by atoms with van der Waals surface area (Å²) in [5, 5.41) is 3.91. The lowest BCUT2D eigenvalue weighted by Gasteiger charge is -2.24. The van der Waals surface area contributed by atoms with Gasteiger partial charge in [0.05, 0.1) is 11.4 Å². The topological polar surface area (TPSA) is 72.1 Å². The number of carbonyl (C=O) groups excluding carboxylic acids is 1. The molecule has 0 aliphatic rings. The molecule has 1 amide bonds. The van der Waals surface area contributed by atoms with E-state index in [2.05, 4.69) is 15.1 Å². The van der Waals surface area contributed by atoms with Crippen LogP contribution in [0.25, 0.3) is 0 Å². The Labute approximate surface area is 130 Å². The van der Waals surface area contributed by atoms with Gasteiger partial charge in [-0.15, -0.1) is 0 Å². The molecule has 6 nitrogen and oxygen atoms in total. The molecule has 0 aromatic carbocycles. The van der Waals surface area contributed by atoms with Crippen LogP contribution in [-0.4, -0.2) is 39.0 Å². The van der Waals surface area contributed by atoms with Gasteiger partial charge in [-0.1, -0.05) is 5.16 Å². The van der Waals surface area contributed by atoms with Gasteiger partial charge in [0, 0.05) is 50.1 Å². The Morgan fingerprint density at radius 1 is 1.36 bits per heavy atom. The number of hydrogen-bond donors (Lipinski definition) is 0. The predicted molar refractivity (Wildman–Crippen MR) is 82.3 cm³/mol. The minimum Gasteiger partial charge on any atom is -0.361 e. The summed E-state index contributed by atoms with van der Waals surface area (Å²) >= 11 is 0. The highest BCUT2D eigenvalue weighted by Crippen LogP contribution is 2.15. The molecular formula is C16H22N4O2. The summed E-state index contributed by atoms with van der Waals surface area (Å²) in [6.07, 6.45) is 6.85. The lowest BCUT2D eigenvalue weighted by atomic mass is 10.1. The summed E-state index contributed by atoms with van der Waals surface area (Å²) in [6.45, 7) is 5.79. The molecule has 22 heavy (non-hydrogen) atoms. The first-order chi connectivity index (χ1) is 10.5. The maximum absolute atomic E-state index is 12.3. The second-order valence-corrected chi connectivity index (χ2v) is 5.56. The van der Waals surface area contributed by atoms with Crippen molar-refractivity contribution in [3.63, 3.8) is 0 Å². The van der Waals surface area contributed by atoms with E-state index in [0.717, 1.165) is 22.7 Å². The van der Waals surface area contributed by atoms with Gasteiger partial charge in [0.1, 0.15) is 5.76 Å². The van der Waals surface area contributed by atoms with Gasteiger partial charge in [0.25, 0.3) is 0 Å². The lowest BCUT2D eigenvalue weighted by molar-refractivity contribution is -0.131. The van der Waals surface area contributed by atoms with Crippen LogP contribution < -0.4 is 0 Å². The Kier molecular flexibility index (Phi) is 5.25. The average Bonchev–Trinajstić information content (AvgIpc) is 2.83. The molecule has 0 fully saturated rings. The molecule has 0 spiro atoms. The Bertz CT molecular complexity index is 605. The second-order valence-electron chi connectivity index (χ2n) is 5.56. The van der Waals surface area contributed by atoms with Crippen LogP contribution in [0, 0.1) is 13.8 Å². The van der Waals surface area contributed by atoms with Crippen molar-refractivity contribution in [2.24, 2.45) is 0 Å². The van der Waals surface area contributed by atoms with Crippen molar-refractivity contribution in [2.75, 3.05) is 7.05 Å². The number of aryl methyl sites for hydroxylation is 2. The highest BCUT2D eigenvalue weighted by molar-refractivity contribution is 5.76. The standard InChI is InChI=1S/C16H22N4O2/c1-11(9-14-10-17-7-8-18-14)20(4)16(21)6-5-15-12(2)19-22-13(15)3/h7-8,10-11H,5-6,9H2,1-4H3/t11-/m1/s1. The number of aromatic nitrogens is 3. The van der Waals surface area contributed by atoms with Gasteiger partial charge in [-0.25, -0.2) is 0 Å². The van der Waals surface area contributed by atoms with Crippen LogP contribution in [0.3, 0.4) is 0 Å². The van der Waals surface area contributed by atoms with Gasteiger partial charge in [0.2, 0.25) is 5.91 Å². The van der Waals surface area contributed by atoms with Crippen LogP contribution in [0.5, 0.6) is 0 Å². The fourth-order valence-corrected chi connectivity index (χ4v) is 2.39. The summed E-state index contributed by atoms with van der Waals surface area (Å²) in [7, 11) is 1.83. The third-order valence-corrected chi connectivity index (χ3v) is 3.95. The number of hydrogen-bond acceptors (Lipinski definition) is 5. The Balaban J connectivity index is 1.89. The van der Waals surface area contributed by atoms with E-state index >= 15 is 0 Å². The number of amides is 1. The molecular weight excluding hydrogens is 280 g/mol. The van der Waals surface area contributed by atoms with Gasteiger partial charge >= 0.3 is 0 Å². The van der Waals surface area contributed by atoms with Crippen LogP contribution in [0.15, 0.2) is 23.1 Å². The van der Waals surface area contributed by atoms with Gasteiger partial charge in [-0.3, -0.25) is 14.8 Å². The second kappa shape index (κ2) is 7.15. The first-order valence-corrected chi connectivity index (χ1v) is 7.41. The third kappa shape index (κ3) is 3.90. The zero-order chi connectivity index (χ0) is 16.1. The molecule has 0 bridgehead atoms. The van der Waals surface area contributed by atoms with Gasteiger partial charge in [-0.2, -0.15) is 0 Å². The molecule has 2 heterocycles. The lowest BCUT2D eigenvalue weighted by Crippen LogP contribution is -2.36. The first-order valence-electron chi connectivity index (χ1n) is 7.41. The number of rotatable bonds is 6. The van der Waals surface area contributed by atoms with E-state index in [0.29, 0.717) is 19.3 Å². The van der Waals surface area contributed by atoms with Crippen molar-refractivity contribution in [3.05, 3.63) is 41.3 Å². The van der Waals surface area contributed by atoms with Gasteiger partial charge in [-0.05, 0) is 27.2 Å². The average molecular weight is 302 g/mol. The minimum absolute atomic E-state index is 0.0777. The monoisotopic (exact) mass is 302 g/mol. The summed E-state index contributed by atoms with van der Waals surface area (Å²) in [6, 6.07) is 0.0777. The maximum atomic E-state index is 12.3. The minimum atomic E-state index is 0.0777. The quantitative estimate of drug-likeness (QED) is 0.817. The Morgan fingerprint density at radius 3 is 2.73 bits per heavy atom. The molecule has 0 saturated heterocycles. The largest absolute Gasteiger partial charge is 0.361 e. The van der Waals surface area contributed by atoms with E-state index < -0.39 is 0 Å². The summed E-state index contributed by atoms with van der Waals surface area (Å²) < 4.78 is 5.12. The molecule has 0 unspecified atom stereocenters. The van der Waals surface area contributed by atoms with Crippen LogP contribution in [-0.2, 0) is 17.6 Å². The van der Waals surface area contributed by atoms with E-state index in [1.807, 2.05) is 27.8 Å². The molecule has 0 N–H and O–H groups in total. The highest BCUT2D eigenvalue weighted by Gasteiger charge is 2.18. The highest BCUT2D eigenvalue weighted by atomic mass is 16.5. The van der Waals surface area contributed by atoms with Crippen molar-refractivity contribution in [1.82, 2.24) is 20.0 Å². The SMILES string of the molecule is Cc1noc(C)c1CCC(=O)N(C)[C@H](C)Cc1cnccn1. The van der Waals surface area contributed by atoms with Crippen LogP contribution >= 0.6 is 0 Å². The molecule has 2 aromatic heterocycles. The number of nitrogens with zero attached hydrogens (tertiary/aromatic N) is 4. The summed E-state index contributed by atoms with van der Waals surface area (Å²) in [5.74, 6) is 0.900. The smallest absolute Gasteiger partial charge is 0.222 e. The predicted octanol–water partition coefficient (Wildman–Crippen LogP) is 2.10. The van der Waals surface area contributed by atoms with Crippen molar-refractivity contribution in [2.45, 2.75) is 46.1 Å². The van der Waals surface area contributed by atoms with Crippen LogP contribution in [0.1, 0.15) is 36.1 Å². The Morgan fingerprint density at radius 2 is 2.14 bits per heavy atom. The fourth-order valence-electron chi connectivity index (χ4n) is 2.39. The van der Waals surface area contributed by atoms with Gasteiger partial charge in [0.15, 0.2) is 0 Å². The summed E-state index contributed by atoms with van der Waals surface area (Å²) in [5.41, 5.74) is 2.78.